The number of rotatable bonds is 5. The van der Waals surface area contributed by atoms with E-state index < -0.39 is 22.9 Å². The normalized spacial score (nSPS) is 11.5. The largest absolute Gasteiger partial charge is 0.449 e. The second-order valence-corrected chi connectivity index (χ2v) is 5.58. The molecular weight excluding hydrogens is 324 g/mol. The van der Waals surface area contributed by atoms with Crippen LogP contribution < -0.4 is 5.32 Å². The molecule has 1 amide bonds. The molecule has 1 unspecified atom stereocenters. The molecule has 25 heavy (non-hydrogen) atoms. The molecule has 7 nitrogen and oxygen atoms in total. The minimum Gasteiger partial charge on any atom is -0.449 e. The van der Waals surface area contributed by atoms with Gasteiger partial charge in [0.05, 0.1) is 4.92 Å². The van der Waals surface area contributed by atoms with E-state index in [2.05, 4.69) is 5.32 Å². The summed E-state index contributed by atoms with van der Waals surface area (Å²) < 4.78 is 5.09. The first-order chi connectivity index (χ1) is 11.8. The van der Waals surface area contributed by atoms with E-state index in [1.165, 1.54) is 31.2 Å². The molecule has 2 aromatic carbocycles. The molecule has 0 saturated carbocycles. The third-order valence-electron chi connectivity index (χ3n) is 3.70. The van der Waals surface area contributed by atoms with Crippen molar-refractivity contribution < 1.29 is 19.2 Å². The van der Waals surface area contributed by atoms with Gasteiger partial charge in [-0.15, -0.1) is 0 Å². The molecule has 0 heterocycles. The first kappa shape index (κ1) is 18.1. The summed E-state index contributed by atoms with van der Waals surface area (Å²) in [6, 6.07) is 11.0. The summed E-state index contributed by atoms with van der Waals surface area (Å²) >= 11 is 0. The summed E-state index contributed by atoms with van der Waals surface area (Å²) in [7, 11) is 0. The molecule has 0 aliphatic heterocycles. The molecule has 1 atom stereocenters. The Bertz CT molecular complexity index is 812. The highest BCUT2D eigenvalue weighted by Gasteiger charge is 2.25. The summed E-state index contributed by atoms with van der Waals surface area (Å²) in [5, 5.41) is 13.7. The number of para-hydroxylation sites is 2. The number of nitro groups is 1. The number of aryl methyl sites for hydroxylation is 2. The molecule has 0 fully saturated rings. The van der Waals surface area contributed by atoms with Crippen molar-refractivity contribution in [1.29, 1.82) is 0 Å². The first-order valence-corrected chi connectivity index (χ1v) is 7.62. The smallest absolute Gasteiger partial charge is 0.345 e. The lowest BCUT2D eigenvalue weighted by atomic mass is 10.1. The van der Waals surface area contributed by atoms with Gasteiger partial charge in [0.2, 0.25) is 0 Å². The van der Waals surface area contributed by atoms with Crippen molar-refractivity contribution in [2.45, 2.75) is 26.9 Å². The van der Waals surface area contributed by atoms with Gasteiger partial charge in [-0.3, -0.25) is 14.9 Å². The molecule has 0 spiro atoms. The van der Waals surface area contributed by atoms with Gasteiger partial charge in [-0.05, 0) is 38.0 Å². The highest BCUT2D eigenvalue weighted by molar-refractivity contribution is 5.99. The van der Waals surface area contributed by atoms with E-state index in [0.29, 0.717) is 5.69 Å². The topological polar surface area (TPSA) is 98.5 Å². The minimum absolute atomic E-state index is 0.195. The van der Waals surface area contributed by atoms with Gasteiger partial charge in [0.25, 0.3) is 11.6 Å². The fourth-order valence-electron chi connectivity index (χ4n) is 2.32. The zero-order valence-electron chi connectivity index (χ0n) is 14.1. The molecular formula is C18H18N2O5. The summed E-state index contributed by atoms with van der Waals surface area (Å²) in [5.74, 6) is -1.43. The number of nitrogens with zero attached hydrogens (tertiary/aromatic N) is 1. The number of anilines is 1. The minimum atomic E-state index is -1.11. The molecule has 2 aromatic rings. The van der Waals surface area contributed by atoms with Crippen LogP contribution in [0.25, 0.3) is 0 Å². The van der Waals surface area contributed by atoms with E-state index in [1.807, 2.05) is 32.0 Å². The maximum atomic E-state index is 12.3. The van der Waals surface area contributed by atoms with E-state index in [9.17, 15) is 19.7 Å². The molecule has 2 rings (SSSR count). The third-order valence-corrected chi connectivity index (χ3v) is 3.70. The van der Waals surface area contributed by atoms with Crippen LogP contribution in [0.1, 0.15) is 28.4 Å². The number of carbonyl (C=O) groups is 2. The highest BCUT2D eigenvalue weighted by Crippen LogP contribution is 2.21. The Hall–Kier alpha value is -3.22. The Balaban J connectivity index is 2.11. The number of benzene rings is 2. The Morgan fingerprint density at radius 1 is 1.08 bits per heavy atom. The number of hydrogen-bond acceptors (Lipinski definition) is 5. The number of nitrogens with one attached hydrogen (secondary N) is 1. The predicted octanol–water partition coefficient (Wildman–Crippen LogP) is 3.40. The summed E-state index contributed by atoms with van der Waals surface area (Å²) in [6.07, 6.45) is -1.11. The molecule has 7 heteroatoms. The van der Waals surface area contributed by atoms with Crippen LogP contribution in [0.5, 0.6) is 0 Å². The quantitative estimate of drug-likeness (QED) is 0.510. The van der Waals surface area contributed by atoms with Crippen LogP contribution in [0.2, 0.25) is 0 Å². The van der Waals surface area contributed by atoms with Crippen molar-refractivity contribution in [3.8, 4) is 0 Å². The number of ether oxygens (including phenoxy) is 1. The Kier molecular flexibility index (Phi) is 5.49. The van der Waals surface area contributed by atoms with E-state index in [1.54, 1.807) is 0 Å². The molecule has 0 radical (unpaired) electrons. The molecule has 0 aliphatic carbocycles. The summed E-state index contributed by atoms with van der Waals surface area (Å²) in [5.41, 5.74) is 1.85. The second-order valence-electron chi connectivity index (χ2n) is 5.58. The van der Waals surface area contributed by atoms with Crippen molar-refractivity contribution in [3.63, 3.8) is 0 Å². The van der Waals surface area contributed by atoms with Gasteiger partial charge < -0.3 is 10.1 Å². The van der Waals surface area contributed by atoms with Crippen LogP contribution in [0.15, 0.2) is 42.5 Å². The third kappa shape index (κ3) is 4.20. The Morgan fingerprint density at radius 2 is 1.68 bits per heavy atom. The number of hydrogen-bond donors (Lipinski definition) is 1. The van der Waals surface area contributed by atoms with Gasteiger partial charge in [-0.2, -0.15) is 0 Å². The van der Waals surface area contributed by atoms with Crippen LogP contribution in [-0.4, -0.2) is 22.9 Å². The van der Waals surface area contributed by atoms with E-state index in [4.69, 9.17) is 4.74 Å². The molecule has 0 saturated heterocycles. The van der Waals surface area contributed by atoms with Crippen LogP contribution in [0, 0.1) is 24.0 Å². The van der Waals surface area contributed by atoms with E-state index >= 15 is 0 Å². The average molecular weight is 342 g/mol. The number of carbonyl (C=O) groups excluding carboxylic acids is 2. The first-order valence-electron chi connectivity index (χ1n) is 7.62. The molecule has 1 N–H and O–H groups in total. The van der Waals surface area contributed by atoms with Crippen LogP contribution >= 0.6 is 0 Å². The van der Waals surface area contributed by atoms with E-state index in [0.717, 1.165) is 11.1 Å². The molecule has 0 aromatic heterocycles. The summed E-state index contributed by atoms with van der Waals surface area (Å²) in [4.78, 5) is 34.8. The lowest BCUT2D eigenvalue weighted by Crippen LogP contribution is -2.30. The van der Waals surface area contributed by atoms with Crippen LogP contribution in [-0.2, 0) is 9.53 Å². The number of esters is 1. The van der Waals surface area contributed by atoms with Crippen LogP contribution in [0.4, 0.5) is 11.4 Å². The van der Waals surface area contributed by atoms with Crippen molar-refractivity contribution >= 4 is 23.3 Å². The second kappa shape index (κ2) is 7.57. The van der Waals surface area contributed by atoms with Crippen molar-refractivity contribution in [2.75, 3.05) is 5.32 Å². The number of nitro benzene ring substituents is 1. The van der Waals surface area contributed by atoms with Crippen molar-refractivity contribution in [1.82, 2.24) is 0 Å². The van der Waals surface area contributed by atoms with Crippen molar-refractivity contribution in [2.24, 2.45) is 0 Å². The SMILES string of the molecule is Cc1cccc(C)c1NC(=O)C(C)OC(=O)c1ccccc1[N+](=O)[O-]. The Morgan fingerprint density at radius 3 is 2.28 bits per heavy atom. The standard InChI is InChI=1S/C18H18N2O5/c1-11-7-6-8-12(2)16(11)19-17(21)13(3)25-18(22)14-9-4-5-10-15(14)20(23)24/h4-10,13H,1-3H3,(H,19,21). The van der Waals surface area contributed by atoms with Gasteiger partial charge in [0, 0.05) is 11.8 Å². The van der Waals surface area contributed by atoms with E-state index in [-0.39, 0.29) is 11.3 Å². The summed E-state index contributed by atoms with van der Waals surface area (Å²) in [6.45, 7) is 5.12. The predicted molar refractivity (Wildman–Crippen MR) is 92.5 cm³/mol. The van der Waals surface area contributed by atoms with Crippen LogP contribution in [0.3, 0.4) is 0 Å². The number of amides is 1. The fourth-order valence-corrected chi connectivity index (χ4v) is 2.32. The van der Waals surface area contributed by atoms with Gasteiger partial charge in [-0.25, -0.2) is 4.79 Å². The van der Waals surface area contributed by atoms with Crippen molar-refractivity contribution in [3.05, 3.63) is 69.3 Å². The maximum Gasteiger partial charge on any atom is 0.345 e. The molecule has 130 valence electrons. The van der Waals surface area contributed by atoms with Gasteiger partial charge in [-0.1, -0.05) is 30.3 Å². The molecule has 0 bridgehead atoms. The molecule has 0 aliphatic rings. The lowest BCUT2D eigenvalue weighted by molar-refractivity contribution is -0.385. The maximum absolute atomic E-state index is 12.3. The zero-order valence-corrected chi connectivity index (χ0v) is 14.1. The van der Waals surface area contributed by atoms with Gasteiger partial charge >= 0.3 is 5.97 Å². The monoisotopic (exact) mass is 342 g/mol. The average Bonchev–Trinajstić information content (AvgIpc) is 2.57. The van der Waals surface area contributed by atoms with Gasteiger partial charge in [0.1, 0.15) is 5.56 Å². The fraction of sp³-hybridized carbons (Fsp3) is 0.222. The zero-order chi connectivity index (χ0) is 18.6. The Labute approximate surface area is 144 Å². The highest BCUT2D eigenvalue weighted by atomic mass is 16.6. The lowest BCUT2D eigenvalue weighted by Gasteiger charge is -2.16. The van der Waals surface area contributed by atoms with Gasteiger partial charge in [0.15, 0.2) is 6.10 Å².